The third-order valence-electron chi connectivity index (χ3n) is 4.11. The number of nitrogens with zero attached hydrogens (tertiary/aromatic N) is 1. The molecule has 98 valence electrons. The highest BCUT2D eigenvalue weighted by atomic mass is 16.5. The van der Waals surface area contributed by atoms with Crippen molar-refractivity contribution in [2.24, 2.45) is 5.92 Å². The Balaban J connectivity index is 1.71. The van der Waals surface area contributed by atoms with Gasteiger partial charge in [0.2, 0.25) is 0 Å². The molecule has 1 amide bonds. The Morgan fingerprint density at radius 2 is 2.33 bits per heavy atom. The topological polar surface area (TPSA) is 42.7 Å². The van der Waals surface area contributed by atoms with Crippen LogP contribution < -0.4 is 0 Å². The van der Waals surface area contributed by atoms with Crippen LogP contribution in [0.2, 0.25) is 0 Å². The summed E-state index contributed by atoms with van der Waals surface area (Å²) >= 11 is 0. The second-order valence-electron chi connectivity index (χ2n) is 5.41. The first kappa shape index (κ1) is 11.8. The molecule has 2 saturated heterocycles. The number of furan rings is 1. The number of likely N-dealkylation sites (tertiary alicyclic amines) is 1. The van der Waals surface area contributed by atoms with Crippen molar-refractivity contribution in [1.82, 2.24) is 4.90 Å². The van der Waals surface area contributed by atoms with Crippen LogP contribution in [0.1, 0.15) is 35.9 Å². The molecule has 1 aromatic heterocycles. The molecule has 2 aliphatic rings. The second-order valence-corrected chi connectivity index (χ2v) is 5.41. The minimum atomic E-state index is 0.0721. The molecule has 18 heavy (non-hydrogen) atoms. The Kier molecular flexibility index (Phi) is 2.90. The lowest BCUT2D eigenvalue weighted by Crippen LogP contribution is -2.45. The standard InChI is InChI=1S/C14H19NO3/c1-9-7-11-3-5-15(8-13(11)18-9)14(16)12-4-6-17-10(12)2/h4,6,9,11,13H,3,5,7-8H2,1-2H3/t9-,11-,13+/m1/s1. The van der Waals surface area contributed by atoms with Crippen LogP contribution in [0.3, 0.4) is 0 Å². The van der Waals surface area contributed by atoms with Crippen LogP contribution in [0, 0.1) is 12.8 Å². The first-order chi connectivity index (χ1) is 8.65. The fourth-order valence-electron chi connectivity index (χ4n) is 3.13. The predicted octanol–water partition coefficient (Wildman–Crippen LogP) is 2.23. The van der Waals surface area contributed by atoms with E-state index < -0.39 is 0 Å². The van der Waals surface area contributed by atoms with Crippen molar-refractivity contribution in [2.75, 3.05) is 13.1 Å². The number of ether oxygens (including phenoxy) is 1. The van der Waals surface area contributed by atoms with Gasteiger partial charge < -0.3 is 14.1 Å². The number of hydrogen-bond acceptors (Lipinski definition) is 3. The molecule has 0 spiro atoms. The molecule has 2 fully saturated rings. The van der Waals surface area contributed by atoms with E-state index in [9.17, 15) is 4.79 Å². The summed E-state index contributed by atoms with van der Waals surface area (Å²) in [5.74, 6) is 1.40. The number of hydrogen-bond donors (Lipinski definition) is 0. The maximum Gasteiger partial charge on any atom is 0.257 e. The normalized spacial score (nSPS) is 31.4. The van der Waals surface area contributed by atoms with E-state index in [1.54, 1.807) is 12.3 Å². The smallest absolute Gasteiger partial charge is 0.257 e. The van der Waals surface area contributed by atoms with Crippen LogP contribution in [-0.4, -0.2) is 36.1 Å². The number of rotatable bonds is 1. The van der Waals surface area contributed by atoms with Gasteiger partial charge in [0.1, 0.15) is 5.76 Å². The van der Waals surface area contributed by atoms with Crippen molar-refractivity contribution in [2.45, 2.75) is 38.9 Å². The minimum absolute atomic E-state index is 0.0721. The Hall–Kier alpha value is -1.29. The van der Waals surface area contributed by atoms with E-state index in [1.807, 2.05) is 11.8 Å². The molecule has 4 heteroatoms. The van der Waals surface area contributed by atoms with E-state index in [2.05, 4.69) is 6.92 Å². The molecule has 3 atom stereocenters. The molecule has 3 heterocycles. The molecule has 0 aliphatic carbocycles. The lowest BCUT2D eigenvalue weighted by atomic mass is 9.92. The lowest BCUT2D eigenvalue weighted by Gasteiger charge is -2.34. The van der Waals surface area contributed by atoms with Gasteiger partial charge in [0.25, 0.3) is 5.91 Å². The fraction of sp³-hybridized carbons (Fsp3) is 0.643. The van der Waals surface area contributed by atoms with Crippen molar-refractivity contribution in [1.29, 1.82) is 0 Å². The SMILES string of the molecule is Cc1occc1C(=O)N1CC[C@@H]2C[C@@H](C)O[C@H]2C1. The Morgan fingerprint density at radius 3 is 3.06 bits per heavy atom. The summed E-state index contributed by atoms with van der Waals surface area (Å²) in [6, 6.07) is 1.75. The van der Waals surface area contributed by atoms with Gasteiger partial charge in [-0.3, -0.25) is 4.79 Å². The summed E-state index contributed by atoms with van der Waals surface area (Å²) in [5.41, 5.74) is 0.680. The summed E-state index contributed by atoms with van der Waals surface area (Å²) < 4.78 is 11.1. The van der Waals surface area contributed by atoms with Crippen molar-refractivity contribution >= 4 is 5.91 Å². The lowest BCUT2D eigenvalue weighted by molar-refractivity contribution is 0.00151. The van der Waals surface area contributed by atoms with Crippen LogP contribution in [0.25, 0.3) is 0 Å². The third-order valence-corrected chi connectivity index (χ3v) is 4.11. The monoisotopic (exact) mass is 249 g/mol. The highest BCUT2D eigenvalue weighted by Crippen LogP contribution is 2.33. The minimum Gasteiger partial charge on any atom is -0.469 e. The fourth-order valence-corrected chi connectivity index (χ4v) is 3.13. The molecule has 0 unspecified atom stereocenters. The van der Waals surface area contributed by atoms with Gasteiger partial charge in [0.15, 0.2) is 0 Å². The maximum atomic E-state index is 12.4. The van der Waals surface area contributed by atoms with E-state index in [0.717, 1.165) is 25.9 Å². The highest BCUT2D eigenvalue weighted by molar-refractivity contribution is 5.95. The first-order valence-electron chi connectivity index (χ1n) is 6.64. The van der Waals surface area contributed by atoms with Crippen LogP contribution in [0.15, 0.2) is 16.7 Å². The van der Waals surface area contributed by atoms with Gasteiger partial charge in [0, 0.05) is 13.1 Å². The van der Waals surface area contributed by atoms with Gasteiger partial charge in [-0.05, 0) is 38.7 Å². The summed E-state index contributed by atoms with van der Waals surface area (Å²) in [6.45, 7) is 5.50. The van der Waals surface area contributed by atoms with E-state index in [4.69, 9.17) is 9.15 Å². The molecule has 3 rings (SSSR count). The molecule has 0 radical (unpaired) electrons. The van der Waals surface area contributed by atoms with E-state index >= 15 is 0 Å². The predicted molar refractivity (Wildman–Crippen MR) is 66.4 cm³/mol. The largest absolute Gasteiger partial charge is 0.469 e. The molecule has 0 saturated carbocycles. The van der Waals surface area contributed by atoms with E-state index in [-0.39, 0.29) is 12.0 Å². The van der Waals surface area contributed by atoms with E-state index in [1.165, 1.54) is 0 Å². The zero-order chi connectivity index (χ0) is 12.7. The second kappa shape index (κ2) is 4.43. The molecule has 4 nitrogen and oxygen atoms in total. The zero-order valence-electron chi connectivity index (χ0n) is 10.9. The van der Waals surface area contributed by atoms with Gasteiger partial charge in [-0.15, -0.1) is 0 Å². The molecule has 0 bridgehead atoms. The van der Waals surface area contributed by atoms with Crippen molar-refractivity contribution in [3.05, 3.63) is 23.7 Å². The molecule has 2 aliphatic heterocycles. The number of amides is 1. The summed E-state index contributed by atoms with van der Waals surface area (Å²) in [5, 5.41) is 0. The third kappa shape index (κ3) is 1.94. The van der Waals surface area contributed by atoms with Crippen molar-refractivity contribution in [3.63, 3.8) is 0 Å². The maximum absolute atomic E-state index is 12.4. The van der Waals surface area contributed by atoms with Crippen molar-refractivity contribution < 1.29 is 13.9 Å². The van der Waals surface area contributed by atoms with Gasteiger partial charge in [0.05, 0.1) is 24.0 Å². The van der Waals surface area contributed by atoms with Crippen LogP contribution in [0.5, 0.6) is 0 Å². The average molecular weight is 249 g/mol. The van der Waals surface area contributed by atoms with Crippen LogP contribution >= 0.6 is 0 Å². The summed E-state index contributed by atoms with van der Waals surface area (Å²) in [6.07, 6.45) is 4.33. The van der Waals surface area contributed by atoms with Crippen molar-refractivity contribution in [3.8, 4) is 0 Å². The van der Waals surface area contributed by atoms with Gasteiger partial charge in [-0.2, -0.15) is 0 Å². The number of fused-ring (bicyclic) bond motifs is 1. The Labute approximate surface area is 107 Å². The number of carbonyl (C=O) groups excluding carboxylic acids is 1. The molecular weight excluding hydrogens is 230 g/mol. The highest BCUT2D eigenvalue weighted by Gasteiger charge is 2.39. The Morgan fingerprint density at radius 1 is 1.50 bits per heavy atom. The molecule has 1 aromatic rings. The van der Waals surface area contributed by atoms with Gasteiger partial charge in [-0.25, -0.2) is 0 Å². The quantitative estimate of drug-likeness (QED) is 0.766. The zero-order valence-corrected chi connectivity index (χ0v) is 10.9. The number of carbonyl (C=O) groups is 1. The van der Waals surface area contributed by atoms with E-state index in [0.29, 0.717) is 23.3 Å². The average Bonchev–Trinajstić information content (AvgIpc) is 2.91. The molecular formula is C14H19NO3. The van der Waals surface area contributed by atoms with Gasteiger partial charge in [-0.1, -0.05) is 0 Å². The molecule has 0 aromatic carbocycles. The molecule has 0 N–H and O–H groups in total. The summed E-state index contributed by atoms with van der Waals surface area (Å²) in [7, 11) is 0. The Bertz CT molecular complexity index is 454. The van der Waals surface area contributed by atoms with Gasteiger partial charge >= 0.3 is 0 Å². The van der Waals surface area contributed by atoms with Crippen LogP contribution in [-0.2, 0) is 4.74 Å². The van der Waals surface area contributed by atoms with Crippen LogP contribution in [0.4, 0.5) is 0 Å². The number of piperidine rings is 1. The first-order valence-corrected chi connectivity index (χ1v) is 6.64. The summed E-state index contributed by atoms with van der Waals surface area (Å²) in [4.78, 5) is 14.3. The number of aryl methyl sites for hydroxylation is 1.